The molecule has 0 saturated carbocycles. The molecule has 9 nitrogen and oxygen atoms in total. The van der Waals surface area contributed by atoms with Crippen molar-refractivity contribution in [3.8, 4) is 0 Å². The van der Waals surface area contributed by atoms with E-state index < -0.39 is 30.2 Å². The monoisotopic (exact) mass is 287 g/mol. The van der Waals surface area contributed by atoms with E-state index in [1.54, 1.807) is 0 Å². The maximum absolute atomic E-state index is 11.7. The molecular weight excluding hydrogens is 270 g/mol. The summed E-state index contributed by atoms with van der Waals surface area (Å²) in [6, 6.07) is 1.39. The Balaban J connectivity index is 2.11. The van der Waals surface area contributed by atoms with Crippen molar-refractivity contribution in [2.45, 2.75) is 24.5 Å². The third kappa shape index (κ3) is 2.97. The van der Waals surface area contributed by atoms with Gasteiger partial charge < -0.3 is 30.5 Å². The van der Waals surface area contributed by atoms with Crippen molar-refractivity contribution in [3.63, 3.8) is 0 Å². The molecule has 2 rings (SSSR count). The molecule has 1 aromatic rings. The molecule has 1 saturated heterocycles. The van der Waals surface area contributed by atoms with Gasteiger partial charge in [-0.05, 0) is 6.07 Å². The number of anilines is 1. The minimum Gasteiger partial charge on any atom is -0.394 e. The van der Waals surface area contributed by atoms with Crippen LogP contribution < -0.4 is 11.4 Å². The van der Waals surface area contributed by atoms with Crippen LogP contribution in [0.3, 0.4) is 0 Å². The molecule has 1 aliphatic heterocycles. The summed E-state index contributed by atoms with van der Waals surface area (Å²) in [6.07, 6.45) is -3.02. The summed E-state index contributed by atoms with van der Waals surface area (Å²) in [5, 5.41) is 28.4. The fraction of sp³-hybridized carbons (Fsp3) is 0.636. The van der Waals surface area contributed by atoms with Gasteiger partial charge in [-0.3, -0.25) is 4.57 Å². The molecule has 112 valence electrons. The molecule has 5 N–H and O–H groups in total. The number of hydrogen-bond donors (Lipinski definition) is 4. The highest BCUT2D eigenvalue weighted by atomic mass is 16.6. The van der Waals surface area contributed by atoms with Crippen LogP contribution in [0.5, 0.6) is 0 Å². The molecule has 9 heteroatoms. The van der Waals surface area contributed by atoms with Crippen LogP contribution >= 0.6 is 0 Å². The molecule has 20 heavy (non-hydrogen) atoms. The largest absolute Gasteiger partial charge is 0.394 e. The number of hydrogen-bond acceptors (Lipinski definition) is 8. The second-order valence-electron chi connectivity index (χ2n) is 4.39. The summed E-state index contributed by atoms with van der Waals surface area (Å²) < 4.78 is 11.5. The van der Waals surface area contributed by atoms with E-state index in [2.05, 4.69) is 4.98 Å². The third-order valence-corrected chi connectivity index (χ3v) is 2.98. The molecule has 0 spiro atoms. The Morgan fingerprint density at radius 3 is 2.85 bits per heavy atom. The van der Waals surface area contributed by atoms with E-state index in [0.29, 0.717) is 0 Å². The van der Waals surface area contributed by atoms with Crippen LogP contribution in [-0.4, -0.2) is 63.0 Å². The number of aromatic nitrogens is 2. The Morgan fingerprint density at radius 2 is 2.20 bits per heavy atom. The predicted molar refractivity (Wildman–Crippen MR) is 66.7 cm³/mol. The zero-order chi connectivity index (χ0) is 14.7. The summed E-state index contributed by atoms with van der Waals surface area (Å²) >= 11 is 0. The van der Waals surface area contributed by atoms with Gasteiger partial charge in [0.15, 0.2) is 6.23 Å². The molecule has 4 atom stereocenters. The first kappa shape index (κ1) is 14.9. The van der Waals surface area contributed by atoms with Gasteiger partial charge >= 0.3 is 5.69 Å². The molecule has 0 radical (unpaired) electrons. The van der Waals surface area contributed by atoms with Crippen LogP contribution in [0, 0.1) is 0 Å². The zero-order valence-electron chi connectivity index (χ0n) is 10.6. The molecule has 1 aliphatic rings. The van der Waals surface area contributed by atoms with Crippen molar-refractivity contribution in [3.05, 3.63) is 22.7 Å². The number of ether oxygens (including phenoxy) is 2. The quantitative estimate of drug-likeness (QED) is 0.434. The number of rotatable bonds is 5. The van der Waals surface area contributed by atoms with Gasteiger partial charge in [0.2, 0.25) is 0 Å². The summed E-state index contributed by atoms with van der Waals surface area (Å²) in [7, 11) is 0. The van der Waals surface area contributed by atoms with Gasteiger partial charge in [0.05, 0.1) is 19.8 Å². The van der Waals surface area contributed by atoms with Gasteiger partial charge in [0, 0.05) is 6.20 Å². The van der Waals surface area contributed by atoms with Crippen molar-refractivity contribution in [2.24, 2.45) is 0 Å². The van der Waals surface area contributed by atoms with Crippen molar-refractivity contribution in [1.82, 2.24) is 9.55 Å². The van der Waals surface area contributed by atoms with Gasteiger partial charge in [-0.1, -0.05) is 0 Å². The van der Waals surface area contributed by atoms with E-state index in [4.69, 9.17) is 20.3 Å². The lowest BCUT2D eigenvalue weighted by Crippen LogP contribution is -2.36. The SMILES string of the molecule is Nc1ccn([C@@H]2O[C@H](COCCO)[C@@H](O)[C@H]2O)c(=O)n1. The van der Waals surface area contributed by atoms with Gasteiger partial charge in [0.25, 0.3) is 0 Å². The molecule has 0 unspecified atom stereocenters. The lowest BCUT2D eigenvalue weighted by molar-refractivity contribution is -0.0711. The predicted octanol–water partition coefficient (Wildman–Crippen LogP) is -2.55. The summed E-state index contributed by atoms with van der Waals surface area (Å²) in [5.41, 5.74) is 4.69. The number of nitrogens with two attached hydrogens (primary N) is 1. The Bertz CT molecular complexity index is 507. The van der Waals surface area contributed by atoms with Crippen molar-refractivity contribution >= 4 is 5.82 Å². The van der Waals surface area contributed by atoms with Crippen LogP contribution in [-0.2, 0) is 9.47 Å². The standard InChI is InChI=1S/C11H17N3O6/c12-7-1-2-14(11(18)13-7)10-9(17)8(16)6(20-10)5-19-4-3-15/h1-2,6,8-10,15-17H,3-5H2,(H2,12,13,18)/t6-,8-,9-,10-/m1/s1. The van der Waals surface area contributed by atoms with E-state index in [1.807, 2.05) is 0 Å². The molecule has 0 bridgehead atoms. The second-order valence-corrected chi connectivity index (χ2v) is 4.39. The lowest BCUT2D eigenvalue weighted by Gasteiger charge is -2.16. The van der Waals surface area contributed by atoms with Gasteiger partial charge in [-0.2, -0.15) is 4.98 Å². The summed E-state index contributed by atoms with van der Waals surface area (Å²) in [4.78, 5) is 15.2. The van der Waals surface area contributed by atoms with Crippen LogP contribution in [0.1, 0.15) is 6.23 Å². The van der Waals surface area contributed by atoms with Crippen molar-refractivity contribution in [1.29, 1.82) is 0 Å². The van der Waals surface area contributed by atoms with E-state index in [1.165, 1.54) is 12.3 Å². The van der Waals surface area contributed by atoms with Crippen LogP contribution in [0.25, 0.3) is 0 Å². The minimum absolute atomic E-state index is 0.00750. The third-order valence-electron chi connectivity index (χ3n) is 2.98. The molecule has 2 heterocycles. The van der Waals surface area contributed by atoms with Crippen LogP contribution in [0.2, 0.25) is 0 Å². The topological polar surface area (TPSA) is 140 Å². The maximum atomic E-state index is 11.7. The Labute approximate surface area is 114 Å². The van der Waals surface area contributed by atoms with E-state index in [9.17, 15) is 15.0 Å². The van der Waals surface area contributed by atoms with Crippen molar-refractivity contribution in [2.75, 3.05) is 25.6 Å². The van der Waals surface area contributed by atoms with Gasteiger partial charge in [-0.15, -0.1) is 0 Å². The molecule has 0 amide bonds. The Morgan fingerprint density at radius 1 is 1.45 bits per heavy atom. The summed E-state index contributed by atoms with van der Waals surface area (Å²) in [6.45, 7) is -0.0701. The molecular formula is C11H17N3O6. The Kier molecular flexibility index (Phi) is 4.68. The average molecular weight is 287 g/mol. The number of nitrogens with zero attached hydrogens (tertiary/aromatic N) is 2. The number of aliphatic hydroxyl groups is 3. The molecule has 1 fully saturated rings. The van der Waals surface area contributed by atoms with Gasteiger partial charge in [0.1, 0.15) is 24.1 Å². The fourth-order valence-electron chi connectivity index (χ4n) is 1.98. The van der Waals surface area contributed by atoms with Gasteiger partial charge in [-0.25, -0.2) is 4.79 Å². The molecule has 0 aromatic carbocycles. The Hall–Kier alpha value is -1.52. The van der Waals surface area contributed by atoms with E-state index in [0.717, 1.165) is 4.57 Å². The average Bonchev–Trinajstić information content (AvgIpc) is 2.68. The van der Waals surface area contributed by atoms with Crippen LogP contribution in [0.4, 0.5) is 5.82 Å². The highest BCUT2D eigenvalue weighted by Crippen LogP contribution is 2.28. The summed E-state index contributed by atoms with van der Waals surface area (Å²) in [5.74, 6) is 0.0575. The maximum Gasteiger partial charge on any atom is 0.351 e. The number of aliphatic hydroxyl groups excluding tert-OH is 3. The van der Waals surface area contributed by atoms with Crippen molar-refractivity contribution < 1.29 is 24.8 Å². The van der Waals surface area contributed by atoms with Crippen LogP contribution in [0.15, 0.2) is 17.1 Å². The zero-order valence-corrected chi connectivity index (χ0v) is 10.6. The molecule has 1 aromatic heterocycles. The first-order valence-corrected chi connectivity index (χ1v) is 6.09. The smallest absolute Gasteiger partial charge is 0.351 e. The first-order chi connectivity index (χ1) is 9.54. The minimum atomic E-state index is -1.29. The fourth-order valence-corrected chi connectivity index (χ4v) is 1.98. The molecule has 0 aliphatic carbocycles. The highest BCUT2D eigenvalue weighted by Gasteiger charge is 2.44. The number of nitrogen functional groups attached to an aromatic ring is 1. The first-order valence-electron chi connectivity index (χ1n) is 6.09. The highest BCUT2D eigenvalue weighted by molar-refractivity contribution is 5.23. The second kappa shape index (κ2) is 6.29. The van der Waals surface area contributed by atoms with E-state index in [-0.39, 0.29) is 25.6 Å². The van der Waals surface area contributed by atoms with E-state index >= 15 is 0 Å². The lowest BCUT2D eigenvalue weighted by atomic mass is 10.1. The normalized spacial score (nSPS) is 29.8.